The van der Waals surface area contributed by atoms with Crippen LogP contribution in [0, 0.1) is 0 Å². The number of carbonyl (C=O) groups is 1. The van der Waals surface area contributed by atoms with Gasteiger partial charge in [-0.1, -0.05) is 48.6 Å². The van der Waals surface area contributed by atoms with Crippen molar-refractivity contribution in [1.82, 2.24) is 10.2 Å². The number of nitrogens with one attached hydrogen (secondary N) is 1. The lowest BCUT2D eigenvalue weighted by molar-refractivity contribution is 0.112. The molecule has 2 rings (SSSR count). The van der Waals surface area contributed by atoms with Crippen LogP contribution in [0.15, 0.2) is 66.9 Å². The number of carbonyl (C=O) groups excluding carboxylic acids is 1. The van der Waals surface area contributed by atoms with Crippen molar-refractivity contribution in [2.45, 2.75) is 19.8 Å². The second-order valence-corrected chi connectivity index (χ2v) is 5.06. The van der Waals surface area contributed by atoms with Crippen molar-refractivity contribution in [2.75, 3.05) is 0 Å². The molecule has 0 saturated carbocycles. The lowest BCUT2D eigenvalue weighted by Gasteiger charge is -2.04. The highest BCUT2D eigenvalue weighted by Crippen LogP contribution is 2.15. The van der Waals surface area contributed by atoms with E-state index in [2.05, 4.69) is 28.9 Å². The summed E-state index contributed by atoms with van der Waals surface area (Å²) < 4.78 is 0. The van der Waals surface area contributed by atoms with Crippen molar-refractivity contribution in [3.05, 3.63) is 83.7 Å². The molecular weight excluding hydrogens is 272 g/mol. The molecule has 0 atom stereocenters. The molecule has 112 valence electrons. The maximum absolute atomic E-state index is 10.8. The number of aldehydes is 1. The Labute approximate surface area is 131 Å². The van der Waals surface area contributed by atoms with E-state index in [9.17, 15) is 4.79 Å². The zero-order valence-corrected chi connectivity index (χ0v) is 12.8. The summed E-state index contributed by atoms with van der Waals surface area (Å²) in [4.78, 5) is 10.8. The molecule has 0 aliphatic rings. The minimum atomic E-state index is 0.725. The molecular formula is C19H20N2O. The molecule has 0 spiro atoms. The molecule has 2 aromatic rings. The Morgan fingerprint density at radius 2 is 2.18 bits per heavy atom. The zero-order valence-electron chi connectivity index (χ0n) is 12.8. The predicted molar refractivity (Wildman–Crippen MR) is 90.7 cm³/mol. The van der Waals surface area contributed by atoms with E-state index in [1.54, 1.807) is 6.20 Å². The van der Waals surface area contributed by atoms with Gasteiger partial charge in [0.15, 0.2) is 0 Å². The Bertz CT molecular complexity index is 694. The maximum atomic E-state index is 10.8. The Morgan fingerprint density at radius 1 is 1.32 bits per heavy atom. The summed E-state index contributed by atoms with van der Waals surface area (Å²) in [7, 11) is 0. The summed E-state index contributed by atoms with van der Waals surface area (Å²) in [6.07, 6.45) is 10.6. The van der Waals surface area contributed by atoms with Gasteiger partial charge in [-0.25, -0.2) is 0 Å². The number of hydrogen-bond donors (Lipinski definition) is 1. The molecule has 1 heterocycles. The summed E-state index contributed by atoms with van der Waals surface area (Å²) in [6.45, 7) is 6.05. The molecule has 3 heteroatoms. The predicted octanol–water partition coefficient (Wildman–Crippen LogP) is 4.37. The molecule has 1 aromatic heterocycles. The fourth-order valence-electron chi connectivity index (χ4n) is 2.17. The minimum absolute atomic E-state index is 0.725. The SMILES string of the molecule is C=C(/C=C\C(=C/C)CCc1cccc(C=O)c1)c1ccn[nH]1. The van der Waals surface area contributed by atoms with Crippen LogP contribution < -0.4 is 0 Å². The first-order valence-corrected chi connectivity index (χ1v) is 7.29. The summed E-state index contributed by atoms with van der Waals surface area (Å²) in [5.41, 5.74) is 4.95. The van der Waals surface area contributed by atoms with Gasteiger partial charge in [-0.15, -0.1) is 0 Å². The number of hydrogen-bond acceptors (Lipinski definition) is 2. The lowest BCUT2D eigenvalue weighted by atomic mass is 10.0. The van der Waals surface area contributed by atoms with Crippen molar-refractivity contribution < 1.29 is 4.79 Å². The van der Waals surface area contributed by atoms with E-state index in [4.69, 9.17) is 0 Å². The van der Waals surface area contributed by atoms with Gasteiger partial charge in [-0.05, 0) is 43.0 Å². The van der Waals surface area contributed by atoms with Gasteiger partial charge in [0.05, 0.1) is 5.69 Å². The number of aryl methyl sites for hydroxylation is 1. The average Bonchev–Trinajstić information content (AvgIpc) is 3.09. The quantitative estimate of drug-likeness (QED) is 0.608. The van der Waals surface area contributed by atoms with E-state index in [1.807, 2.05) is 43.3 Å². The van der Waals surface area contributed by atoms with Crippen LogP contribution in [0.3, 0.4) is 0 Å². The third kappa shape index (κ3) is 4.42. The van der Waals surface area contributed by atoms with Gasteiger partial charge in [-0.2, -0.15) is 5.10 Å². The van der Waals surface area contributed by atoms with Gasteiger partial charge in [0, 0.05) is 11.8 Å². The Kier molecular flexibility index (Phi) is 5.66. The first-order chi connectivity index (χ1) is 10.7. The summed E-state index contributed by atoms with van der Waals surface area (Å²) >= 11 is 0. The second-order valence-electron chi connectivity index (χ2n) is 5.06. The maximum Gasteiger partial charge on any atom is 0.150 e. The molecule has 1 aromatic carbocycles. The first kappa shape index (κ1) is 15.7. The molecule has 0 unspecified atom stereocenters. The molecule has 0 amide bonds. The molecule has 0 bridgehead atoms. The Morgan fingerprint density at radius 3 is 2.86 bits per heavy atom. The van der Waals surface area contributed by atoms with Crippen molar-refractivity contribution >= 4 is 11.9 Å². The average molecular weight is 292 g/mol. The minimum Gasteiger partial charge on any atom is -0.298 e. The molecule has 0 radical (unpaired) electrons. The van der Waals surface area contributed by atoms with Gasteiger partial charge in [-0.3, -0.25) is 9.89 Å². The third-order valence-corrected chi connectivity index (χ3v) is 3.51. The van der Waals surface area contributed by atoms with Crippen LogP contribution in [-0.4, -0.2) is 16.5 Å². The van der Waals surface area contributed by atoms with Crippen molar-refractivity contribution in [1.29, 1.82) is 0 Å². The molecule has 3 nitrogen and oxygen atoms in total. The number of benzene rings is 1. The van der Waals surface area contributed by atoms with Gasteiger partial charge in [0.25, 0.3) is 0 Å². The zero-order chi connectivity index (χ0) is 15.8. The van der Waals surface area contributed by atoms with E-state index in [-0.39, 0.29) is 0 Å². The lowest BCUT2D eigenvalue weighted by Crippen LogP contribution is -1.90. The largest absolute Gasteiger partial charge is 0.298 e. The Hall–Kier alpha value is -2.68. The Balaban J connectivity index is 1.95. The fourth-order valence-corrected chi connectivity index (χ4v) is 2.17. The molecule has 0 fully saturated rings. The van der Waals surface area contributed by atoms with Crippen LogP contribution in [-0.2, 0) is 6.42 Å². The molecule has 22 heavy (non-hydrogen) atoms. The normalized spacial score (nSPS) is 11.8. The van der Waals surface area contributed by atoms with E-state index >= 15 is 0 Å². The van der Waals surface area contributed by atoms with E-state index in [0.29, 0.717) is 0 Å². The summed E-state index contributed by atoms with van der Waals surface area (Å²) in [5.74, 6) is 0. The van der Waals surface area contributed by atoms with Crippen LogP contribution in [0.5, 0.6) is 0 Å². The highest BCUT2D eigenvalue weighted by Gasteiger charge is 1.99. The van der Waals surface area contributed by atoms with Gasteiger partial charge in [0.2, 0.25) is 0 Å². The van der Waals surface area contributed by atoms with Crippen LogP contribution in [0.4, 0.5) is 0 Å². The smallest absolute Gasteiger partial charge is 0.150 e. The second kappa shape index (κ2) is 7.93. The number of rotatable bonds is 7. The van der Waals surface area contributed by atoms with Gasteiger partial charge < -0.3 is 0 Å². The number of allylic oxidation sites excluding steroid dienone is 5. The molecule has 0 aliphatic heterocycles. The van der Waals surface area contributed by atoms with E-state index < -0.39 is 0 Å². The number of aromatic nitrogens is 2. The number of H-pyrrole nitrogens is 1. The summed E-state index contributed by atoms with van der Waals surface area (Å²) in [6, 6.07) is 9.62. The van der Waals surface area contributed by atoms with Crippen molar-refractivity contribution in [3.8, 4) is 0 Å². The van der Waals surface area contributed by atoms with E-state index in [1.165, 1.54) is 11.1 Å². The summed E-state index contributed by atoms with van der Waals surface area (Å²) in [5, 5.41) is 6.82. The number of nitrogens with zero attached hydrogens (tertiary/aromatic N) is 1. The topological polar surface area (TPSA) is 45.8 Å². The molecule has 0 saturated heterocycles. The van der Waals surface area contributed by atoms with Gasteiger partial charge >= 0.3 is 0 Å². The standard InChI is InChI=1S/C19H20N2O/c1-3-16(8-7-15(2)19-11-12-20-21-19)9-10-17-5-4-6-18(13-17)14-22/h3-8,11-14H,2,9-10H2,1H3,(H,20,21)/b8-7-,16-3+. The molecule has 1 N–H and O–H groups in total. The van der Waals surface area contributed by atoms with Crippen molar-refractivity contribution in [2.24, 2.45) is 0 Å². The fraction of sp³-hybridized carbons (Fsp3) is 0.158. The highest BCUT2D eigenvalue weighted by molar-refractivity contribution is 5.74. The van der Waals surface area contributed by atoms with Crippen LogP contribution in [0.25, 0.3) is 5.57 Å². The van der Waals surface area contributed by atoms with Crippen LogP contribution in [0.1, 0.15) is 35.0 Å². The highest BCUT2D eigenvalue weighted by atomic mass is 16.1. The monoisotopic (exact) mass is 292 g/mol. The van der Waals surface area contributed by atoms with Crippen LogP contribution >= 0.6 is 0 Å². The molecule has 0 aliphatic carbocycles. The van der Waals surface area contributed by atoms with Crippen molar-refractivity contribution in [3.63, 3.8) is 0 Å². The first-order valence-electron chi connectivity index (χ1n) is 7.29. The van der Waals surface area contributed by atoms with E-state index in [0.717, 1.165) is 36.0 Å². The van der Waals surface area contributed by atoms with Crippen LogP contribution in [0.2, 0.25) is 0 Å². The number of aromatic amines is 1. The third-order valence-electron chi connectivity index (χ3n) is 3.51. The van der Waals surface area contributed by atoms with Gasteiger partial charge in [0.1, 0.15) is 6.29 Å².